The van der Waals surface area contributed by atoms with Crippen LogP contribution in [-0.4, -0.2) is 9.97 Å². The van der Waals surface area contributed by atoms with E-state index >= 15 is 0 Å². The minimum atomic E-state index is 0.449. The highest BCUT2D eigenvalue weighted by Gasteiger charge is 2.28. The number of nitrogens with one attached hydrogen (secondary N) is 2. The molecule has 1 aliphatic rings. The maximum Gasteiger partial charge on any atom is 0.148 e. The largest absolute Gasteiger partial charge is 0.339 e. The van der Waals surface area contributed by atoms with Gasteiger partial charge in [0.25, 0.3) is 0 Å². The van der Waals surface area contributed by atoms with Crippen molar-refractivity contribution in [2.75, 3.05) is 10.7 Å². The maximum absolute atomic E-state index is 6.27. The second-order valence-corrected chi connectivity index (χ2v) is 6.72. The molecule has 0 amide bonds. The molecule has 1 saturated carbocycles. The van der Waals surface area contributed by atoms with E-state index in [1.807, 2.05) is 25.1 Å². The Morgan fingerprint density at radius 3 is 2.62 bits per heavy atom. The van der Waals surface area contributed by atoms with Crippen LogP contribution in [0.25, 0.3) is 0 Å². The summed E-state index contributed by atoms with van der Waals surface area (Å²) in [4.78, 5) is 9.09. The normalized spacial score (nSPS) is 14.1. The first-order valence-electron chi connectivity index (χ1n) is 6.65. The van der Waals surface area contributed by atoms with Crippen LogP contribution in [0.5, 0.6) is 0 Å². The van der Waals surface area contributed by atoms with E-state index in [0.29, 0.717) is 16.8 Å². The first kappa shape index (κ1) is 14.8. The van der Waals surface area contributed by atoms with E-state index in [1.165, 1.54) is 0 Å². The second kappa shape index (κ2) is 5.94. The highest BCUT2D eigenvalue weighted by Crippen LogP contribution is 2.40. The number of rotatable bonds is 4. The van der Waals surface area contributed by atoms with Gasteiger partial charge in [-0.2, -0.15) is 0 Å². The number of nitrogen functional groups attached to an aromatic ring is 1. The van der Waals surface area contributed by atoms with E-state index in [1.54, 1.807) is 0 Å². The van der Waals surface area contributed by atoms with Crippen LogP contribution in [0.2, 0.25) is 5.02 Å². The van der Waals surface area contributed by atoms with Gasteiger partial charge in [0, 0.05) is 15.1 Å². The smallest absolute Gasteiger partial charge is 0.148 e. The molecule has 0 unspecified atom stereocenters. The molecule has 0 spiro atoms. The average Bonchev–Trinajstić information content (AvgIpc) is 3.28. The van der Waals surface area contributed by atoms with Crippen molar-refractivity contribution >= 4 is 51.5 Å². The molecule has 0 saturated heterocycles. The molecule has 1 heterocycles. The summed E-state index contributed by atoms with van der Waals surface area (Å²) in [7, 11) is 0. The number of hydrazine groups is 1. The lowest BCUT2D eigenvalue weighted by Gasteiger charge is -2.14. The van der Waals surface area contributed by atoms with Gasteiger partial charge in [0.1, 0.15) is 17.5 Å². The summed E-state index contributed by atoms with van der Waals surface area (Å²) in [6.07, 6.45) is 2.27. The van der Waals surface area contributed by atoms with Gasteiger partial charge in [-0.05, 0) is 60.6 Å². The molecule has 1 aliphatic carbocycles. The van der Waals surface area contributed by atoms with Gasteiger partial charge in [0.15, 0.2) is 0 Å². The highest BCUT2D eigenvalue weighted by atomic mass is 127. The molecule has 7 heteroatoms. The molecule has 1 aromatic heterocycles. The fourth-order valence-corrected chi connectivity index (χ4v) is 2.94. The zero-order valence-electron chi connectivity index (χ0n) is 11.5. The second-order valence-electron chi connectivity index (χ2n) is 5.07. The molecule has 2 aromatic rings. The first-order valence-corrected chi connectivity index (χ1v) is 8.11. The lowest BCUT2D eigenvalue weighted by molar-refractivity contribution is 0.920. The quantitative estimate of drug-likeness (QED) is 0.400. The Morgan fingerprint density at radius 2 is 2.00 bits per heavy atom. The van der Waals surface area contributed by atoms with Gasteiger partial charge >= 0.3 is 0 Å². The van der Waals surface area contributed by atoms with Gasteiger partial charge in [-0.1, -0.05) is 11.6 Å². The minimum Gasteiger partial charge on any atom is -0.339 e. The summed E-state index contributed by atoms with van der Waals surface area (Å²) in [5, 5.41) is 3.95. The molecule has 0 aliphatic heterocycles. The van der Waals surface area contributed by atoms with Crippen LogP contribution >= 0.6 is 34.2 Å². The Kier molecular flexibility index (Phi) is 4.19. The summed E-state index contributed by atoms with van der Waals surface area (Å²) in [5.74, 6) is 8.23. The number of aromatic nitrogens is 2. The van der Waals surface area contributed by atoms with Crippen molar-refractivity contribution in [2.24, 2.45) is 5.84 Å². The van der Waals surface area contributed by atoms with Crippen LogP contribution < -0.4 is 16.6 Å². The number of halogens is 2. The fourth-order valence-electron chi connectivity index (χ4n) is 2.04. The van der Waals surface area contributed by atoms with Crippen LogP contribution in [0.4, 0.5) is 17.3 Å². The number of nitrogens with two attached hydrogens (primary N) is 1. The summed E-state index contributed by atoms with van der Waals surface area (Å²) in [6.45, 7) is 1.93. The van der Waals surface area contributed by atoms with Crippen molar-refractivity contribution < 1.29 is 0 Å². The third-order valence-corrected chi connectivity index (χ3v) is 4.41. The zero-order chi connectivity index (χ0) is 15.0. The molecule has 0 atom stereocenters. The molecule has 1 aromatic carbocycles. The lowest BCUT2D eigenvalue weighted by atomic mass is 10.2. The predicted molar refractivity (Wildman–Crippen MR) is 94.0 cm³/mol. The van der Waals surface area contributed by atoms with Crippen LogP contribution in [0.3, 0.4) is 0 Å². The van der Waals surface area contributed by atoms with E-state index in [4.69, 9.17) is 17.4 Å². The van der Waals surface area contributed by atoms with E-state index in [2.05, 4.69) is 43.3 Å². The Balaban J connectivity index is 1.98. The van der Waals surface area contributed by atoms with Crippen molar-refractivity contribution in [3.05, 3.63) is 38.2 Å². The van der Waals surface area contributed by atoms with E-state index in [0.717, 1.165) is 39.3 Å². The molecule has 0 bridgehead atoms. The van der Waals surface area contributed by atoms with Crippen molar-refractivity contribution in [3.8, 4) is 0 Å². The monoisotopic (exact) mass is 415 g/mol. The van der Waals surface area contributed by atoms with Gasteiger partial charge in [0.2, 0.25) is 0 Å². The Hall–Kier alpha value is -1.12. The number of benzene rings is 1. The van der Waals surface area contributed by atoms with Gasteiger partial charge in [-0.3, -0.25) is 0 Å². The maximum atomic E-state index is 6.27. The van der Waals surface area contributed by atoms with Crippen molar-refractivity contribution in [1.82, 2.24) is 9.97 Å². The molecule has 3 rings (SSSR count). The van der Waals surface area contributed by atoms with Gasteiger partial charge in [-0.25, -0.2) is 15.8 Å². The van der Waals surface area contributed by atoms with Gasteiger partial charge < -0.3 is 10.7 Å². The summed E-state index contributed by atoms with van der Waals surface area (Å²) in [6, 6.07) is 5.85. The number of nitrogens with zero attached hydrogens (tertiary/aromatic N) is 2. The number of hydrogen-bond donors (Lipinski definition) is 3. The molecular formula is C14H15ClIN5. The molecule has 0 radical (unpaired) electrons. The predicted octanol–water partition coefficient (Wildman–Crippen LogP) is 3.95. The van der Waals surface area contributed by atoms with Crippen molar-refractivity contribution in [1.29, 1.82) is 0 Å². The van der Waals surface area contributed by atoms with Crippen molar-refractivity contribution in [2.45, 2.75) is 25.7 Å². The van der Waals surface area contributed by atoms with Gasteiger partial charge in [0.05, 0.1) is 10.7 Å². The third kappa shape index (κ3) is 3.22. The average molecular weight is 416 g/mol. The van der Waals surface area contributed by atoms with E-state index in [-0.39, 0.29) is 0 Å². The van der Waals surface area contributed by atoms with Crippen LogP contribution in [-0.2, 0) is 0 Å². The summed E-state index contributed by atoms with van der Waals surface area (Å²) in [5.41, 5.74) is 4.34. The molecule has 1 fully saturated rings. The topological polar surface area (TPSA) is 75.9 Å². The lowest BCUT2D eigenvalue weighted by Crippen LogP contribution is -2.14. The van der Waals surface area contributed by atoms with E-state index in [9.17, 15) is 0 Å². The standard InChI is InChI=1S/C14H15ClIN5/c1-7-12(18-11-5-4-9(16)6-10(11)15)19-14(8-2-3-8)20-13(7)21-17/h4-6,8H,2-3,17H2,1H3,(H2,18,19,20,21). The molecule has 110 valence electrons. The highest BCUT2D eigenvalue weighted by molar-refractivity contribution is 14.1. The van der Waals surface area contributed by atoms with E-state index < -0.39 is 0 Å². The molecule has 4 N–H and O–H groups in total. The molecule has 21 heavy (non-hydrogen) atoms. The number of hydrogen-bond acceptors (Lipinski definition) is 5. The molecular weight excluding hydrogens is 401 g/mol. The zero-order valence-corrected chi connectivity index (χ0v) is 14.4. The van der Waals surface area contributed by atoms with Crippen LogP contribution in [0, 0.1) is 10.5 Å². The number of anilines is 3. The van der Waals surface area contributed by atoms with Crippen molar-refractivity contribution in [3.63, 3.8) is 0 Å². The Labute approximate surface area is 141 Å². The van der Waals surface area contributed by atoms with Crippen LogP contribution in [0.1, 0.15) is 30.1 Å². The van der Waals surface area contributed by atoms with Gasteiger partial charge in [-0.15, -0.1) is 0 Å². The summed E-state index contributed by atoms with van der Waals surface area (Å²) < 4.78 is 1.09. The fraction of sp³-hybridized carbons (Fsp3) is 0.286. The summed E-state index contributed by atoms with van der Waals surface area (Å²) >= 11 is 8.50. The van der Waals surface area contributed by atoms with Crippen LogP contribution in [0.15, 0.2) is 18.2 Å². The Bertz CT molecular complexity index is 687. The minimum absolute atomic E-state index is 0.449. The molecule has 5 nitrogen and oxygen atoms in total. The first-order chi connectivity index (χ1) is 10.1. The third-order valence-electron chi connectivity index (χ3n) is 3.43. The Morgan fingerprint density at radius 1 is 1.29 bits per heavy atom. The SMILES string of the molecule is Cc1c(NN)nc(C2CC2)nc1Nc1ccc(I)cc1Cl.